The van der Waals surface area contributed by atoms with Crippen LogP contribution in [0.25, 0.3) is 28.3 Å². The number of fused-ring (bicyclic) bond motifs is 1. The first kappa shape index (κ1) is 39.2. The van der Waals surface area contributed by atoms with Crippen LogP contribution in [0.15, 0.2) is 97.3 Å². The number of carbonyl (C=O) groups excluding carboxylic acids is 1. The Morgan fingerprint density at radius 2 is 1.69 bits per heavy atom. The van der Waals surface area contributed by atoms with Gasteiger partial charge in [0.15, 0.2) is 11.1 Å². The Morgan fingerprint density at radius 3 is 2.45 bits per heavy atom. The lowest BCUT2D eigenvalue weighted by Gasteiger charge is -2.42. The smallest absolute Gasteiger partial charge is 0.255 e. The molecule has 3 N–H and O–H groups in total. The lowest BCUT2D eigenvalue weighted by Crippen LogP contribution is -2.48. The first-order valence-electron chi connectivity index (χ1n) is 19.4. The van der Waals surface area contributed by atoms with Crippen LogP contribution in [0.1, 0.15) is 47.5 Å². The van der Waals surface area contributed by atoms with Crippen molar-refractivity contribution >= 4 is 40.0 Å². The van der Waals surface area contributed by atoms with E-state index in [1.807, 2.05) is 40.9 Å². The summed E-state index contributed by atoms with van der Waals surface area (Å²) in [4.78, 5) is 32.5. The molecule has 3 aromatic carbocycles. The van der Waals surface area contributed by atoms with Crippen molar-refractivity contribution in [1.82, 2.24) is 29.2 Å². The van der Waals surface area contributed by atoms with Gasteiger partial charge in [-0.05, 0) is 118 Å². The molecule has 2 aliphatic heterocycles. The molecule has 2 fully saturated rings. The SMILES string of the molecule is COc1cc(C2CCN(C3CCN(CCS(=O)O)CC3)CC2)ccc1Nc1nccc(-c2c(-c3cccc(C(=O)Nc4c(F)cccc4F)c3)nc3ccccn23)n1. The molecule has 0 aliphatic carbocycles. The molecule has 2 saturated heterocycles. The summed E-state index contributed by atoms with van der Waals surface area (Å²) in [5, 5.41) is 5.71. The third-order valence-corrected chi connectivity index (χ3v) is 11.7. The molecular weight excluding hydrogens is 763 g/mol. The van der Waals surface area contributed by atoms with Gasteiger partial charge < -0.3 is 29.7 Å². The van der Waals surface area contributed by atoms with Crippen LogP contribution in [0.3, 0.4) is 0 Å². The lowest BCUT2D eigenvalue weighted by molar-refractivity contribution is 0.0897. The largest absolute Gasteiger partial charge is 0.495 e. The third kappa shape index (κ3) is 8.62. The average Bonchev–Trinajstić information content (AvgIpc) is 3.65. The number of amides is 1. The highest BCUT2D eigenvalue weighted by Crippen LogP contribution is 2.37. The molecule has 0 saturated carbocycles. The Hall–Kier alpha value is -5.61. The highest BCUT2D eigenvalue weighted by atomic mass is 32.2. The number of benzene rings is 3. The number of carbonyl (C=O) groups is 1. The minimum atomic E-state index is -1.74. The van der Waals surface area contributed by atoms with E-state index in [2.05, 4.69) is 37.6 Å². The fourth-order valence-corrected chi connectivity index (χ4v) is 8.52. The number of para-hydroxylation sites is 1. The molecule has 300 valence electrons. The number of pyridine rings is 1. The van der Waals surface area contributed by atoms with Crippen LogP contribution in [0.2, 0.25) is 0 Å². The third-order valence-electron chi connectivity index (χ3n) is 11.2. The number of methoxy groups -OCH3 is 1. The zero-order valence-electron chi connectivity index (χ0n) is 32.0. The fraction of sp³-hybridized carbons (Fsp3) is 0.302. The molecule has 15 heteroatoms. The van der Waals surface area contributed by atoms with Crippen molar-refractivity contribution in [2.45, 2.75) is 37.6 Å². The summed E-state index contributed by atoms with van der Waals surface area (Å²) in [6.07, 6.45) is 7.85. The van der Waals surface area contributed by atoms with Gasteiger partial charge >= 0.3 is 0 Å². The van der Waals surface area contributed by atoms with Crippen molar-refractivity contribution in [1.29, 1.82) is 0 Å². The van der Waals surface area contributed by atoms with E-state index in [9.17, 15) is 17.8 Å². The average molecular weight is 807 g/mol. The molecule has 3 aromatic heterocycles. The highest BCUT2D eigenvalue weighted by Gasteiger charge is 2.29. The summed E-state index contributed by atoms with van der Waals surface area (Å²) in [6.45, 7) is 4.69. The van der Waals surface area contributed by atoms with Gasteiger partial charge in [-0.3, -0.25) is 9.20 Å². The van der Waals surface area contributed by atoms with Crippen LogP contribution < -0.4 is 15.4 Å². The van der Waals surface area contributed by atoms with E-state index >= 15 is 0 Å². The van der Waals surface area contributed by atoms with Crippen molar-refractivity contribution in [3.05, 3.63) is 120 Å². The van der Waals surface area contributed by atoms with Crippen LogP contribution in [-0.2, 0) is 11.1 Å². The predicted molar refractivity (Wildman–Crippen MR) is 221 cm³/mol. The van der Waals surface area contributed by atoms with Crippen molar-refractivity contribution in [3.63, 3.8) is 0 Å². The molecule has 0 bridgehead atoms. The van der Waals surface area contributed by atoms with Crippen molar-refractivity contribution in [2.75, 3.05) is 56.2 Å². The van der Waals surface area contributed by atoms with E-state index in [1.54, 1.807) is 37.6 Å². The number of nitrogens with zero attached hydrogens (tertiary/aromatic N) is 6. The number of likely N-dealkylation sites (tertiary alicyclic amines) is 2. The number of ether oxygens (including phenoxy) is 1. The Bertz CT molecular complexity index is 2430. The van der Waals surface area contributed by atoms with Crippen molar-refractivity contribution in [2.24, 2.45) is 0 Å². The van der Waals surface area contributed by atoms with Crippen LogP contribution in [0.5, 0.6) is 5.75 Å². The maximum absolute atomic E-state index is 14.3. The molecule has 1 atom stereocenters. The standard InChI is InChI=1S/C43H44F2N8O4S/c1-57-37-27-29(28-14-22-52(23-15-28)32-16-20-51(21-17-32)24-25-58(55)56)11-12-35(37)47-43-46-18-13-36(48-43)41-39(49-38-10-2-3-19-53(38)41)30-6-4-7-31(26-30)42(54)50-40-33(44)8-5-9-34(40)45/h2-13,18-19,26-28,32H,14-17,20-25H2,1H3,(H,50,54)(H,55,56)(H,46,47,48). The van der Waals surface area contributed by atoms with E-state index in [0.29, 0.717) is 64.2 Å². The van der Waals surface area contributed by atoms with Crippen LogP contribution in [0, 0.1) is 11.6 Å². The Labute approximate surface area is 337 Å². The number of hydrogen-bond donors (Lipinski definition) is 3. The quantitative estimate of drug-likeness (QED) is 0.106. The van der Waals surface area contributed by atoms with E-state index in [1.165, 1.54) is 11.6 Å². The first-order chi connectivity index (χ1) is 28.2. The summed E-state index contributed by atoms with van der Waals surface area (Å²) in [6, 6.07) is 24.4. The molecule has 0 radical (unpaired) electrons. The fourth-order valence-electron chi connectivity index (χ4n) is 8.10. The summed E-state index contributed by atoms with van der Waals surface area (Å²) in [5.74, 6) is -0.643. The van der Waals surface area contributed by atoms with Gasteiger partial charge in [-0.1, -0.05) is 30.3 Å². The second kappa shape index (κ2) is 17.5. The molecule has 0 spiro atoms. The summed E-state index contributed by atoms with van der Waals surface area (Å²) < 4.78 is 56.7. The van der Waals surface area contributed by atoms with E-state index in [-0.39, 0.29) is 5.56 Å². The number of anilines is 3. The summed E-state index contributed by atoms with van der Waals surface area (Å²) >= 11 is -1.74. The van der Waals surface area contributed by atoms with Gasteiger partial charge in [-0.15, -0.1) is 0 Å². The Balaban J connectivity index is 0.981. The molecule has 1 unspecified atom stereocenters. The summed E-state index contributed by atoms with van der Waals surface area (Å²) in [5.41, 5.74) is 4.69. The van der Waals surface area contributed by atoms with E-state index in [0.717, 1.165) is 69.7 Å². The van der Waals surface area contributed by atoms with Crippen LogP contribution >= 0.6 is 0 Å². The van der Waals surface area contributed by atoms with Gasteiger partial charge in [0.05, 0.1) is 35.6 Å². The van der Waals surface area contributed by atoms with Gasteiger partial charge in [0.2, 0.25) is 5.95 Å². The lowest BCUT2D eigenvalue weighted by atomic mass is 9.87. The van der Waals surface area contributed by atoms with Gasteiger partial charge in [0, 0.05) is 36.1 Å². The number of hydrogen-bond acceptors (Lipinski definition) is 9. The second-order valence-corrected chi connectivity index (χ2v) is 15.7. The normalized spacial score (nSPS) is 16.3. The number of piperidine rings is 2. The van der Waals surface area contributed by atoms with E-state index < -0.39 is 34.3 Å². The van der Waals surface area contributed by atoms with Crippen LogP contribution in [0.4, 0.5) is 26.1 Å². The monoisotopic (exact) mass is 806 g/mol. The number of halogens is 2. The van der Waals surface area contributed by atoms with Gasteiger partial charge in [-0.2, -0.15) is 0 Å². The predicted octanol–water partition coefficient (Wildman–Crippen LogP) is 7.61. The number of imidazole rings is 1. The minimum Gasteiger partial charge on any atom is -0.495 e. The minimum absolute atomic E-state index is 0.196. The Morgan fingerprint density at radius 1 is 0.914 bits per heavy atom. The molecule has 12 nitrogen and oxygen atoms in total. The van der Waals surface area contributed by atoms with Crippen LogP contribution in [-0.4, -0.2) is 95.4 Å². The zero-order chi connectivity index (χ0) is 40.2. The van der Waals surface area contributed by atoms with Crippen molar-refractivity contribution < 1.29 is 27.1 Å². The maximum Gasteiger partial charge on any atom is 0.255 e. The maximum atomic E-state index is 14.3. The van der Waals surface area contributed by atoms with E-state index in [4.69, 9.17) is 19.3 Å². The molecule has 8 rings (SSSR count). The van der Waals surface area contributed by atoms with Crippen molar-refractivity contribution in [3.8, 4) is 28.4 Å². The number of rotatable bonds is 12. The topological polar surface area (TPSA) is 137 Å². The second-order valence-electron chi connectivity index (χ2n) is 14.6. The molecule has 1 amide bonds. The van der Waals surface area contributed by atoms with Gasteiger partial charge in [0.1, 0.15) is 28.7 Å². The summed E-state index contributed by atoms with van der Waals surface area (Å²) in [7, 11) is 1.65. The molecule has 6 aromatic rings. The number of aromatic nitrogens is 4. The molecule has 2 aliphatic rings. The van der Waals surface area contributed by atoms with Gasteiger partial charge in [-0.25, -0.2) is 27.9 Å². The number of nitrogens with one attached hydrogen (secondary N) is 2. The highest BCUT2D eigenvalue weighted by molar-refractivity contribution is 7.79. The zero-order valence-corrected chi connectivity index (χ0v) is 32.8. The molecular formula is C43H44F2N8O4S. The molecule has 58 heavy (non-hydrogen) atoms. The Kier molecular flexibility index (Phi) is 11.8. The molecule has 5 heterocycles. The first-order valence-corrected chi connectivity index (χ1v) is 20.7. The van der Waals surface area contributed by atoms with Gasteiger partial charge in [0.25, 0.3) is 5.91 Å².